The van der Waals surface area contributed by atoms with Crippen LogP contribution in [0.3, 0.4) is 0 Å². The van der Waals surface area contributed by atoms with Crippen molar-refractivity contribution in [3.05, 3.63) is 64.9 Å². The molecular formula is C17H20ClN3O2S. The number of carbonyl (C=O) groups excluding carboxylic acids is 1. The van der Waals surface area contributed by atoms with E-state index in [0.717, 1.165) is 5.56 Å². The summed E-state index contributed by atoms with van der Waals surface area (Å²) in [6.07, 6.45) is 4.95. The first-order valence-corrected chi connectivity index (χ1v) is 9.07. The van der Waals surface area contributed by atoms with Crippen molar-refractivity contribution in [2.75, 3.05) is 18.8 Å². The number of amides is 1. The van der Waals surface area contributed by atoms with Gasteiger partial charge in [0.1, 0.15) is 11.0 Å². The highest BCUT2D eigenvalue weighted by Crippen LogP contribution is 2.23. The molecule has 0 aromatic heterocycles. The van der Waals surface area contributed by atoms with Gasteiger partial charge < -0.3 is 11.1 Å². The minimum atomic E-state index is -1.33. The first-order valence-electron chi connectivity index (χ1n) is 7.42. The van der Waals surface area contributed by atoms with Gasteiger partial charge in [0.2, 0.25) is 0 Å². The molecule has 7 heteroatoms. The van der Waals surface area contributed by atoms with E-state index < -0.39 is 11.0 Å². The van der Waals surface area contributed by atoms with Crippen molar-refractivity contribution in [2.24, 2.45) is 0 Å². The monoisotopic (exact) mass is 365 g/mol. The van der Waals surface area contributed by atoms with Crippen molar-refractivity contribution in [3.8, 4) is 0 Å². The Morgan fingerprint density at radius 2 is 2.25 bits per heavy atom. The summed E-state index contributed by atoms with van der Waals surface area (Å²) in [5.74, 6) is 0.117. The van der Waals surface area contributed by atoms with Crippen LogP contribution in [0.15, 0.2) is 54.3 Å². The molecule has 3 N–H and O–H groups in total. The molecular weight excluding hydrogens is 346 g/mol. The first-order chi connectivity index (χ1) is 11.4. The van der Waals surface area contributed by atoms with E-state index in [4.69, 9.17) is 17.3 Å². The summed E-state index contributed by atoms with van der Waals surface area (Å²) in [4.78, 5) is 12.1. The third kappa shape index (κ3) is 4.27. The van der Waals surface area contributed by atoms with Gasteiger partial charge in [0.05, 0.1) is 22.0 Å². The number of hydrogen-bond donors (Lipinski definition) is 2. The lowest BCUT2D eigenvalue weighted by atomic mass is 10.2. The van der Waals surface area contributed by atoms with E-state index >= 15 is 0 Å². The van der Waals surface area contributed by atoms with Crippen LogP contribution >= 0.6 is 11.6 Å². The van der Waals surface area contributed by atoms with E-state index in [-0.39, 0.29) is 5.91 Å². The van der Waals surface area contributed by atoms with Crippen molar-refractivity contribution in [3.63, 3.8) is 0 Å². The van der Waals surface area contributed by atoms with E-state index in [1.165, 1.54) is 0 Å². The molecule has 1 aromatic rings. The summed E-state index contributed by atoms with van der Waals surface area (Å²) in [6, 6.07) is 5.21. The quantitative estimate of drug-likeness (QED) is 0.622. The third-order valence-corrected chi connectivity index (χ3v) is 5.48. The van der Waals surface area contributed by atoms with Gasteiger partial charge in [0.25, 0.3) is 5.91 Å². The smallest absolute Gasteiger partial charge is 0.253 e. The molecule has 24 heavy (non-hydrogen) atoms. The second-order valence-electron chi connectivity index (χ2n) is 5.27. The topological polar surface area (TPSA) is 75.4 Å². The molecule has 0 saturated carbocycles. The summed E-state index contributed by atoms with van der Waals surface area (Å²) in [5.41, 5.74) is 8.24. The predicted molar refractivity (Wildman–Crippen MR) is 99.5 cm³/mol. The zero-order valence-electron chi connectivity index (χ0n) is 13.4. The van der Waals surface area contributed by atoms with Crippen LogP contribution in [0.25, 0.3) is 0 Å². The number of nitrogen functional groups attached to an aromatic ring is 1. The van der Waals surface area contributed by atoms with E-state index in [9.17, 15) is 9.00 Å². The maximum absolute atomic E-state index is 12.8. The van der Waals surface area contributed by atoms with Crippen LogP contribution in [0.1, 0.15) is 12.5 Å². The molecule has 5 nitrogen and oxygen atoms in total. The number of nitrogens with two attached hydrogens (primary N) is 1. The molecule has 1 heterocycles. The molecule has 1 aliphatic heterocycles. The summed E-state index contributed by atoms with van der Waals surface area (Å²) in [7, 11) is -1.33. The highest BCUT2D eigenvalue weighted by molar-refractivity contribution is 7.81. The second kappa shape index (κ2) is 8.17. The fraction of sp³-hybridized carbons (Fsp3) is 0.235. The van der Waals surface area contributed by atoms with Crippen LogP contribution in [-0.4, -0.2) is 27.5 Å². The second-order valence-corrected chi connectivity index (χ2v) is 7.05. The molecule has 0 spiro atoms. The normalized spacial score (nSPS) is 16.9. The lowest BCUT2D eigenvalue weighted by Crippen LogP contribution is -2.31. The van der Waals surface area contributed by atoms with E-state index in [1.54, 1.807) is 47.7 Å². The standard InChI is InChI=1S/C17H20ClN3O2S/c1-3-4-5-14-12(2)21(9-8-20-17(14)22)24(23)11-13-6-7-15(18)16(19)10-13/h3-7,10H,1,8-9,11,19H2,2H3,(H,20,22)/b5-4-. The fourth-order valence-electron chi connectivity index (χ4n) is 2.35. The predicted octanol–water partition coefficient (Wildman–Crippen LogP) is 2.53. The number of anilines is 1. The van der Waals surface area contributed by atoms with Crippen LogP contribution in [0, 0.1) is 0 Å². The lowest BCUT2D eigenvalue weighted by Gasteiger charge is -2.23. The molecule has 1 aromatic carbocycles. The highest BCUT2D eigenvalue weighted by Gasteiger charge is 2.23. The van der Waals surface area contributed by atoms with Crippen molar-refractivity contribution in [2.45, 2.75) is 12.7 Å². The minimum absolute atomic E-state index is 0.180. The van der Waals surface area contributed by atoms with Gasteiger partial charge in [-0.1, -0.05) is 36.4 Å². The molecule has 0 aliphatic carbocycles. The summed E-state index contributed by atoms with van der Waals surface area (Å²) in [6.45, 7) is 6.30. The molecule has 0 radical (unpaired) electrons. The van der Waals surface area contributed by atoms with Gasteiger partial charge in [0.15, 0.2) is 0 Å². The molecule has 0 bridgehead atoms. The maximum Gasteiger partial charge on any atom is 0.253 e. The molecule has 128 valence electrons. The summed E-state index contributed by atoms with van der Waals surface area (Å²) in [5, 5.41) is 3.28. The Hall–Kier alpha value is -2.05. The average Bonchev–Trinajstić information content (AvgIpc) is 2.68. The molecule has 0 saturated heterocycles. The number of allylic oxidation sites excluding steroid dienone is 3. The van der Waals surface area contributed by atoms with Crippen LogP contribution in [-0.2, 0) is 21.5 Å². The molecule has 1 aliphatic rings. The Balaban J connectivity index is 2.27. The number of carbonyl (C=O) groups is 1. The van der Waals surface area contributed by atoms with Crippen molar-refractivity contribution in [1.29, 1.82) is 0 Å². The zero-order valence-corrected chi connectivity index (χ0v) is 15.0. The number of nitrogens with zero attached hydrogens (tertiary/aromatic N) is 1. The van der Waals surface area contributed by atoms with Crippen molar-refractivity contribution in [1.82, 2.24) is 9.62 Å². The Kier molecular flexibility index (Phi) is 6.23. The molecule has 0 fully saturated rings. The van der Waals surface area contributed by atoms with Gasteiger partial charge in [0, 0.05) is 18.8 Å². The number of nitrogens with one attached hydrogen (secondary N) is 1. The lowest BCUT2D eigenvalue weighted by molar-refractivity contribution is -0.117. The average molecular weight is 366 g/mol. The van der Waals surface area contributed by atoms with E-state index in [2.05, 4.69) is 11.9 Å². The fourth-order valence-corrected chi connectivity index (χ4v) is 3.79. The Morgan fingerprint density at radius 1 is 1.50 bits per heavy atom. The number of benzene rings is 1. The summed E-state index contributed by atoms with van der Waals surface area (Å²) < 4.78 is 14.5. The van der Waals surface area contributed by atoms with Gasteiger partial charge in [-0.15, -0.1) is 0 Å². The Labute approximate surface area is 149 Å². The van der Waals surface area contributed by atoms with E-state index in [1.807, 2.05) is 0 Å². The largest absolute Gasteiger partial charge is 0.398 e. The number of hydrogen-bond acceptors (Lipinski definition) is 3. The van der Waals surface area contributed by atoms with Gasteiger partial charge in [-0.25, -0.2) is 4.21 Å². The van der Waals surface area contributed by atoms with Gasteiger partial charge in [-0.05, 0) is 30.7 Å². The first kappa shape index (κ1) is 18.3. The van der Waals surface area contributed by atoms with E-state index in [0.29, 0.717) is 40.8 Å². The minimum Gasteiger partial charge on any atom is -0.398 e. The number of halogens is 1. The maximum atomic E-state index is 12.8. The van der Waals surface area contributed by atoms with Gasteiger partial charge >= 0.3 is 0 Å². The van der Waals surface area contributed by atoms with Crippen LogP contribution in [0.4, 0.5) is 5.69 Å². The molecule has 1 unspecified atom stereocenters. The van der Waals surface area contributed by atoms with Crippen LogP contribution in [0.2, 0.25) is 5.02 Å². The van der Waals surface area contributed by atoms with Crippen molar-refractivity contribution < 1.29 is 9.00 Å². The zero-order chi connectivity index (χ0) is 17.7. The molecule has 1 atom stereocenters. The Bertz CT molecular complexity index is 743. The third-order valence-electron chi connectivity index (χ3n) is 3.60. The Morgan fingerprint density at radius 3 is 2.92 bits per heavy atom. The SMILES string of the molecule is C=C/C=C\C1=C(C)N(S(=O)Cc2ccc(Cl)c(N)c2)CCNC1=O. The molecule has 1 amide bonds. The number of rotatable bonds is 5. The van der Waals surface area contributed by atoms with Crippen molar-refractivity contribution >= 4 is 34.2 Å². The molecule has 2 rings (SSSR count). The van der Waals surface area contributed by atoms with Gasteiger partial charge in [-0.2, -0.15) is 0 Å². The van der Waals surface area contributed by atoms with Crippen LogP contribution in [0.5, 0.6) is 0 Å². The summed E-state index contributed by atoms with van der Waals surface area (Å²) >= 11 is 5.91. The highest BCUT2D eigenvalue weighted by atomic mass is 35.5. The van der Waals surface area contributed by atoms with Crippen LogP contribution < -0.4 is 11.1 Å². The van der Waals surface area contributed by atoms with Gasteiger partial charge in [-0.3, -0.25) is 9.10 Å².